The number of rotatable bonds is 8. The van der Waals surface area contributed by atoms with Crippen LogP contribution in [0, 0.1) is 5.82 Å². The first-order valence-electron chi connectivity index (χ1n) is 12.2. The minimum Gasteiger partial charge on any atom is -0.496 e. The molecule has 1 heterocycles. The summed E-state index contributed by atoms with van der Waals surface area (Å²) in [6.07, 6.45) is -5.75. The smallest absolute Gasteiger partial charge is 0.418 e. The number of methoxy groups -OCH3 is 1. The van der Waals surface area contributed by atoms with E-state index in [2.05, 4.69) is 0 Å². The Bertz CT molecular complexity index is 1050. The van der Waals surface area contributed by atoms with E-state index in [-0.39, 0.29) is 37.6 Å². The molecular weight excluding hydrogens is 492 g/mol. The third-order valence-corrected chi connectivity index (χ3v) is 6.69. The molecule has 6 nitrogen and oxygen atoms in total. The van der Waals surface area contributed by atoms with Gasteiger partial charge in [-0.25, -0.2) is 9.18 Å². The molecule has 0 spiro atoms. The van der Waals surface area contributed by atoms with E-state index in [1.807, 2.05) is 30.3 Å². The van der Waals surface area contributed by atoms with Gasteiger partial charge in [0.15, 0.2) is 5.60 Å². The summed E-state index contributed by atoms with van der Waals surface area (Å²) in [5.74, 6) is -0.360. The zero-order chi connectivity index (χ0) is 27.3. The molecule has 0 saturated carbocycles. The van der Waals surface area contributed by atoms with Crippen LogP contribution in [0.4, 0.5) is 22.4 Å². The van der Waals surface area contributed by atoms with E-state index in [0.717, 1.165) is 11.6 Å². The average molecular weight is 527 g/mol. The van der Waals surface area contributed by atoms with Gasteiger partial charge in [0.2, 0.25) is 0 Å². The van der Waals surface area contributed by atoms with Crippen LogP contribution in [0.1, 0.15) is 37.8 Å². The topological polar surface area (TPSA) is 62.2 Å². The molecule has 3 rings (SSSR count). The second-order valence-electron chi connectivity index (χ2n) is 10.1. The highest BCUT2D eigenvalue weighted by Crippen LogP contribution is 2.44. The number of alkyl halides is 3. The third-order valence-electron chi connectivity index (χ3n) is 6.69. The minimum atomic E-state index is -4.94. The van der Waals surface area contributed by atoms with Crippen molar-refractivity contribution < 1.29 is 36.9 Å². The molecule has 1 fully saturated rings. The number of nitrogens with zero attached hydrogens (tertiary/aromatic N) is 2. The Morgan fingerprint density at radius 1 is 1.03 bits per heavy atom. The fraction of sp³-hybridized carbons (Fsp3) is 0.519. The maximum atomic E-state index is 14.3. The van der Waals surface area contributed by atoms with E-state index in [1.165, 1.54) is 42.9 Å². The first-order chi connectivity index (χ1) is 17.3. The van der Waals surface area contributed by atoms with Crippen LogP contribution >= 0.6 is 0 Å². The zero-order valence-corrected chi connectivity index (χ0v) is 21.4. The highest BCUT2D eigenvalue weighted by molar-refractivity contribution is 5.67. The molecule has 1 atom stereocenters. The van der Waals surface area contributed by atoms with Gasteiger partial charge in [-0.1, -0.05) is 44.2 Å². The van der Waals surface area contributed by atoms with E-state index < -0.39 is 42.1 Å². The summed E-state index contributed by atoms with van der Waals surface area (Å²) in [5, 5.41) is 11.0. The molecule has 1 amide bonds. The van der Waals surface area contributed by atoms with Gasteiger partial charge >= 0.3 is 12.3 Å². The predicted octanol–water partition coefficient (Wildman–Crippen LogP) is 5.14. The largest absolute Gasteiger partial charge is 0.496 e. The monoisotopic (exact) mass is 526 g/mol. The average Bonchev–Trinajstić information content (AvgIpc) is 3.07. The lowest BCUT2D eigenvalue weighted by Gasteiger charge is -2.41. The van der Waals surface area contributed by atoms with Crippen molar-refractivity contribution in [3.63, 3.8) is 0 Å². The van der Waals surface area contributed by atoms with Gasteiger partial charge in [-0.05, 0) is 42.0 Å². The van der Waals surface area contributed by atoms with Crippen LogP contribution in [0.15, 0.2) is 48.5 Å². The van der Waals surface area contributed by atoms with Gasteiger partial charge in [0.1, 0.15) is 18.2 Å². The van der Waals surface area contributed by atoms with Crippen molar-refractivity contribution >= 4 is 6.09 Å². The minimum absolute atomic E-state index is 0.104. The zero-order valence-electron chi connectivity index (χ0n) is 21.4. The van der Waals surface area contributed by atoms with Gasteiger partial charge in [-0.15, -0.1) is 0 Å². The summed E-state index contributed by atoms with van der Waals surface area (Å²) in [6, 6.07) is 12.8. The van der Waals surface area contributed by atoms with Gasteiger partial charge < -0.3 is 19.5 Å². The van der Waals surface area contributed by atoms with E-state index in [9.17, 15) is 27.5 Å². The van der Waals surface area contributed by atoms with Gasteiger partial charge in [0, 0.05) is 38.3 Å². The van der Waals surface area contributed by atoms with Crippen LogP contribution in [-0.2, 0) is 16.8 Å². The molecule has 1 unspecified atom stereocenters. The molecule has 2 aromatic rings. The van der Waals surface area contributed by atoms with Gasteiger partial charge in [0.25, 0.3) is 0 Å². The molecular formula is C27H34F4N2O4. The van der Waals surface area contributed by atoms with Gasteiger partial charge in [-0.3, -0.25) is 4.90 Å². The Kier molecular flexibility index (Phi) is 9.07. The lowest BCUT2D eigenvalue weighted by Crippen LogP contribution is -2.56. The Morgan fingerprint density at radius 3 is 2.38 bits per heavy atom. The van der Waals surface area contributed by atoms with Crippen LogP contribution in [0.25, 0.3) is 0 Å². The van der Waals surface area contributed by atoms with Gasteiger partial charge in [0.05, 0.1) is 7.11 Å². The summed E-state index contributed by atoms with van der Waals surface area (Å²) in [4.78, 5) is 15.5. The molecule has 204 valence electrons. The van der Waals surface area contributed by atoms with E-state index in [0.29, 0.717) is 13.0 Å². The molecule has 1 N–H and O–H groups in total. The summed E-state index contributed by atoms with van der Waals surface area (Å²) in [5.41, 5.74) is -3.27. The van der Waals surface area contributed by atoms with Crippen molar-refractivity contribution in [3.05, 3.63) is 65.5 Å². The van der Waals surface area contributed by atoms with Crippen molar-refractivity contribution in [1.82, 2.24) is 9.80 Å². The highest BCUT2D eigenvalue weighted by atomic mass is 19.4. The molecule has 0 aromatic heterocycles. The van der Waals surface area contributed by atoms with Crippen LogP contribution in [0.3, 0.4) is 0 Å². The second-order valence-corrected chi connectivity index (χ2v) is 10.1. The van der Waals surface area contributed by atoms with Crippen LogP contribution in [-0.4, -0.2) is 72.6 Å². The SMILES string of the molecule is COc1ccc(F)cc1C(C)(C)CC(O)(CN1CCCN(C(=O)OCc2ccccc2)CC1)C(F)(F)F. The summed E-state index contributed by atoms with van der Waals surface area (Å²) in [7, 11) is 1.36. The number of aliphatic hydroxyl groups is 1. The van der Waals surface area contributed by atoms with Crippen LogP contribution in [0.5, 0.6) is 5.75 Å². The number of carbonyl (C=O) groups excluding carboxylic acids is 1. The molecule has 0 aliphatic carbocycles. The number of amides is 1. The first kappa shape index (κ1) is 28.7. The number of hydrogen-bond donors (Lipinski definition) is 1. The summed E-state index contributed by atoms with van der Waals surface area (Å²) < 4.78 is 67.4. The van der Waals surface area contributed by atoms with Crippen LogP contribution in [0.2, 0.25) is 0 Å². The Morgan fingerprint density at radius 2 is 1.73 bits per heavy atom. The molecule has 2 aromatic carbocycles. The third kappa shape index (κ3) is 7.35. The fourth-order valence-corrected chi connectivity index (χ4v) is 4.77. The van der Waals surface area contributed by atoms with Crippen molar-refractivity contribution in [2.75, 3.05) is 39.8 Å². The molecule has 0 bridgehead atoms. The lowest BCUT2D eigenvalue weighted by molar-refractivity contribution is -0.271. The van der Waals surface area contributed by atoms with Crippen molar-refractivity contribution in [3.8, 4) is 5.75 Å². The number of halogens is 4. The Labute approximate surface area is 214 Å². The molecule has 1 saturated heterocycles. The standard InChI is InChI=1S/C27H34F4N2O4/c1-25(2,22-16-21(28)10-11-23(22)36-3)18-26(35,27(29,30)31)19-32-12-7-13-33(15-14-32)24(34)37-17-20-8-5-4-6-9-20/h4-6,8-11,16,35H,7,12-15,17-19H2,1-3H3. The fourth-order valence-electron chi connectivity index (χ4n) is 4.77. The Balaban J connectivity index is 1.69. The highest BCUT2D eigenvalue weighted by Gasteiger charge is 2.56. The maximum absolute atomic E-state index is 14.3. The molecule has 0 radical (unpaired) electrons. The van der Waals surface area contributed by atoms with E-state index in [1.54, 1.807) is 0 Å². The number of ether oxygens (including phenoxy) is 2. The first-order valence-corrected chi connectivity index (χ1v) is 12.2. The Hall–Kier alpha value is -2.85. The molecule has 1 aliphatic rings. The maximum Gasteiger partial charge on any atom is 0.418 e. The number of β-amino-alcohol motifs (C(OH)–C–C–N with tert-alkyl or cyclic N) is 1. The molecule has 10 heteroatoms. The number of benzene rings is 2. The number of hydrogen-bond acceptors (Lipinski definition) is 5. The van der Waals surface area contributed by atoms with E-state index in [4.69, 9.17) is 9.47 Å². The molecule has 1 aliphatic heterocycles. The van der Waals surface area contributed by atoms with Crippen molar-refractivity contribution in [2.24, 2.45) is 0 Å². The number of carbonyl (C=O) groups is 1. The summed E-state index contributed by atoms with van der Waals surface area (Å²) >= 11 is 0. The second kappa shape index (κ2) is 11.7. The quantitative estimate of drug-likeness (QED) is 0.483. The molecule has 37 heavy (non-hydrogen) atoms. The van der Waals surface area contributed by atoms with Crippen LogP contribution < -0.4 is 4.74 Å². The predicted molar refractivity (Wildman–Crippen MR) is 131 cm³/mol. The summed E-state index contributed by atoms with van der Waals surface area (Å²) in [6.45, 7) is 3.38. The van der Waals surface area contributed by atoms with Crippen molar-refractivity contribution in [1.29, 1.82) is 0 Å². The lowest BCUT2D eigenvalue weighted by atomic mass is 9.74. The van der Waals surface area contributed by atoms with Crippen molar-refractivity contribution in [2.45, 2.75) is 50.5 Å². The van der Waals surface area contributed by atoms with E-state index >= 15 is 0 Å². The van der Waals surface area contributed by atoms with Gasteiger partial charge in [-0.2, -0.15) is 13.2 Å². The normalized spacial score (nSPS) is 17.1.